The van der Waals surface area contributed by atoms with E-state index in [1.165, 1.54) is 12.7 Å². The Labute approximate surface area is 182 Å². The smallest absolute Gasteiger partial charge is 0.326 e. The molecule has 0 aromatic heterocycles. The molecule has 2 atom stereocenters. The minimum absolute atomic E-state index is 0.0172. The van der Waals surface area contributed by atoms with Gasteiger partial charge in [0.15, 0.2) is 0 Å². The molecule has 168 valence electrons. The number of carbonyl (C=O) groups excluding carboxylic acids is 1. The zero-order valence-electron chi connectivity index (χ0n) is 18.5. The van der Waals surface area contributed by atoms with E-state index >= 15 is 0 Å². The number of phenolic OH excluding ortho intramolecular Hbond substituents is 1. The molecule has 1 amide bonds. The first-order valence-electron chi connectivity index (χ1n) is 10.0. The maximum Gasteiger partial charge on any atom is 0.326 e. The Morgan fingerprint density at radius 3 is 2.13 bits per heavy atom. The molecule has 7 nitrogen and oxygen atoms in total. The van der Waals surface area contributed by atoms with Crippen LogP contribution in [-0.4, -0.2) is 39.7 Å². The molecular formula is C23H30NO6P. The van der Waals surface area contributed by atoms with Crippen molar-refractivity contribution in [2.45, 2.75) is 46.3 Å². The van der Waals surface area contributed by atoms with Crippen molar-refractivity contribution in [3.8, 4) is 5.75 Å². The van der Waals surface area contributed by atoms with Gasteiger partial charge >= 0.3 is 5.97 Å². The minimum atomic E-state index is -3.17. The Balaban J connectivity index is 2.31. The van der Waals surface area contributed by atoms with Gasteiger partial charge in [0.05, 0.1) is 5.56 Å². The molecule has 0 fully saturated rings. The standard InChI is InChI=1S/C23H30NO6P/c1-13(2)21(23(27)28)24-22(26)19-11-16(6-7-20(19)25)10-18-14(3)8-17(9-15(18)4)12-31(5,29)30/h6-9,11,13,21,25H,10,12H2,1-5H3,(H,24,26)(H,27,28)(H,29,30)/t21-/m0/s1. The molecule has 0 saturated carbocycles. The molecule has 2 rings (SSSR count). The van der Waals surface area contributed by atoms with Crippen molar-refractivity contribution in [3.05, 3.63) is 63.7 Å². The van der Waals surface area contributed by atoms with Crippen LogP contribution < -0.4 is 5.32 Å². The van der Waals surface area contributed by atoms with Crippen LogP contribution in [0.25, 0.3) is 0 Å². The lowest BCUT2D eigenvalue weighted by Gasteiger charge is -2.19. The third kappa shape index (κ3) is 6.68. The van der Waals surface area contributed by atoms with Crippen LogP contribution in [0.15, 0.2) is 30.3 Å². The van der Waals surface area contributed by atoms with Gasteiger partial charge in [0.1, 0.15) is 11.8 Å². The summed E-state index contributed by atoms with van der Waals surface area (Å²) in [4.78, 5) is 33.6. The van der Waals surface area contributed by atoms with E-state index in [0.717, 1.165) is 27.8 Å². The van der Waals surface area contributed by atoms with Crippen LogP contribution >= 0.6 is 7.37 Å². The minimum Gasteiger partial charge on any atom is -0.507 e. The molecular weight excluding hydrogens is 417 g/mol. The second-order valence-corrected chi connectivity index (χ2v) is 10.9. The van der Waals surface area contributed by atoms with Crippen LogP contribution in [0.5, 0.6) is 5.75 Å². The first kappa shape index (κ1) is 24.6. The largest absolute Gasteiger partial charge is 0.507 e. The van der Waals surface area contributed by atoms with Crippen molar-refractivity contribution in [1.82, 2.24) is 5.32 Å². The molecule has 0 heterocycles. The van der Waals surface area contributed by atoms with Crippen molar-refractivity contribution in [1.29, 1.82) is 0 Å². The number of aryl methyl sites for hydroxylation is 2. The highest BCUT2D eigenvalue weighted by Crippen LogP contribution is 2.40. The third-order valence-corrected chi connectivity index (χ3v) is 6.09. The summed E-state index contributed by atoms with van der Waals surface area (Å²) < 4.78 is 11.7. The summed E-state index contributed by atoms with van der Waals surface area (Å²) in [6, 6.07) is 7.42. The summed E-state index contributed by atoms with van der Waals surface area (Å²) in [6.07, 6.45) is 0.604. The van der Waals surface area contributed by atoms with E-state index in [4.69, 9.17) is 0 Å². The second kappa shape index (κ2) is 9.67. The Morgan fingerprint density at radius 2 is 1.65 bits per heavy atom. The quantitative estimate of drug-likeness (QED) is 0.456. The van der Waals surface area contributed by atoms with Crippen molar-refractivity contribution in [3.63, 3.8) is 0 Å². The van der Waals surface area contributed by atoms with E-state index in [1.54, 1.807) is 26.0 Å². The number of hydrogen-bond acceptors (Lipinski definition) is 4. The van der Waals surface area contributed by atoms with Crippen LogP contribution in [0.4, 0.5) is 0 Å². The topological polar surface area (TPSA) is 124 Å². The lowest BCUT2D eigenvalue weighted by Crippen LogP contribution is -2.44. The molecule has 0 spiro atoms. The SMILES string of the molecule is Cc1cc(CP(C)(=O)O)cc(C)c1Cc1ccc(O)c(C(=O)N[C@H](C(=O)O)C(C)C)c1. The summed E-state index contributed by atoms with van der Waals surface area (Å²) in [7, 11) is -3.17. The van der Waals surface area contributed by atoms with Gasteiger partial charge in [0.25, 0.3) is 5.91 Å². The van der Waals surface area contributed by atoms with E-state index in [0.29, 0.717) is 6.42 Å². The average Bonchev–Trinajstić information content (AvgIpc) is 2.61. The number of hydrogen-bond donors (Lipinski definition) is 4. The second-order valence-electron chi connectivity index (χ2n) is 8.48. The fraction of sp³-hybridized carbons (Fsp3) is 0.391. The summed E-state index contributed by atoms with van der Waals surface area (Å²) >= 11 is 0. The lowest BCUT2D eigenvalue weighted by atomic mass is 9.93. The van der Waals surface area contributed by atoms with Crippen LogP contribution in [0.2, 0.25) is 0 Å². The molecule has 2 aromatic carbocycles. The van der Waals surface area contributed by atoms with Gasteiger partial charge in [-0.1, -0.05) is 32.0 Å². The lowest BCUT2D eigenvalue weighted by molar-refractivity contribution is -0.140. The fourth-order valence-corrected chi connectivity index (χ4v) is 4.46. The van der Waals surface area contributed by atoms with Crippen LogP contribution in [0.1, 0.15) is 52.0 Å². The molecule has 0 aliphatic rings. The average molecular weight is 447 g/mol. The Morgan fingerprint density at radius 1 is 1.06 bits per heavy atom. The van der Waals surface area contributed by atoms with Crippen molar-refractivity contribution >= 4 is 19.2 Å². The molecule has 0 saturated heterocycles. The van der Waals surface area contributed by atoms with Crippen LogP contribution in [0, 0.1) is 19.8 Å². The van der Waals surface area contributed by atoms with E-state index in [2.05, 4.69) is 5.32 Å². The normalized spacial score (nSPS) is 14.2. The van der Waals surface area contributed by atoms with Gasteiger partial charge in [0.2, 0.25) is 7.37 Å². The summed E-state index contributed by atoms with van der Waals surface area (Å²) in [5, 5.41) is 21.9. The molecule has 4 N–H and O–H groups in total. The maximum atomic E-state index is 12.6. The Kier molecular flexibility index (Phi) is 7.68. The number of nitrogens with one attached hydrogen (secondary N) is 1. The first-order chi connectivity index (χ1) is 14.3. The zero-order valence-corrected chi connectivity index (χ0v) is 19.4. The summed E-state index contributed by atoms with van der Waals surface area (Å²) in [5.41, 5.74) is 4.55. The van der Waals surface area contributed by atoms with Gasteiger partial charge in [-0.2, -0.15) is 0 Å². The predicted molar refractivity (Wildman–Crippen MR) is 120 cm³/mol. The molecule has 0 bridgehead atoms. The van der Waals surface area contributed by atoms with E-state index < -0.39 is 25.3 Å². The number of carboxylic acids is 1. The monoisotopic (exact) mass is 447 g/mol. The number of aromatic hydroxyl groups is 1. The number of amides is 1. The molecule has 0 aliphatic heterocycles. The van der Waals surface area contributed by atoms with E-state index in [1.807, 2.05) is 26.0 Å². The van der Waals surface area contributed by atoms with Gasteiger partial charge in [-0.05, 0) is 66.1 Å². The van der Waals surface area contributed by atoms with Gasteiger partial charge in [-0.25, -0.2) is 4.79 Å². The number of carboxylic acid groups (broad SMARTS) is 1. The third-order valence-electron chi connectivity index (χ3n) is 5.14. The van der Waals surface area contributed by atoms with Crippen LogP contribution in [0.3, 0.4) is 0 Å². The molecule has 8 heteroatoms. The van der Waals surface area contributed by atoms with Crippen molar-refractivity contribution < 1.29 is 29.3 Å². The zero-order chi connectivity index (χ0) is 23.5. The molecule has 31 heavy (non-hydrogen) atoms. The maximum absolute atomic E-state index is 12.6. The Hall–Kier alpha value is -2.63. The van der Waals surface area contributed by atoms with Crippen LogP contribution in [-0.2, 0) is 21.9 Å². The highest BCUT2D eigenvalue weighted by Gasteiger charge is 2.25. The van der Waals surface area contributed by atoms with Gasteiger partial charge in [-0.3, -0.25) is 9.36 Å². The van der Waals surface area contributed by atoms with Crippen molar-refractivity contribution in [2.75, 3.05) is 6.66 Å². The highest BCUT2D eigenvalue weighted by atomic mass is 31.2. The number of carbonyl (C=O) groups is 2. The number of phenols is 1. The van der Waals surface area contributed by atoms with E-state index in [9.17, 15) is 29.3 Å². The summed E-state index contributed by atoms with van der Waals surface area (Å²) in [6.45, 7) is 8.58. The van der Waals surface area contributed by atoms with E-state index in [-0.39, 0.29) is 23.4 Å². The number of benzene rings is 2. The summed E-state index contributed by atoms with van der Waals surface area (Å²) in [5.74, 6) is -2.32. The molecule has 0 aliphatic carbocycles. The number of rotatable bonds is 8. The molecule has 2 aromatic rings. The number of aliphatic carboxylic acids is 1. The first-order valence-corrected chi connectivity index (χ1v) is 12.3. The van der Waals surface area contributed by atoms with Gasteiger partial charge in [0, 0.05) is 12.8 Å². The highest BCUT2D eigenvalue weighted by molar-refractivity contribution is 7.56. The molecule has 1 unspecified atom stereocenters. The van der Waals surface area contributed by atoms with Gasteiger partial charge < -0.3 is 20.4 Å². The van der Waals surface area contributed by atoms with Gasteiger partial charge in [-0.15, -0.1) is 0 Å². The molecule has 0 radical (unpaired) electrons. The van der Waals surface area contributed by atoms with Crippen molar-refractivity contribution in [2.24, 2.45) is 5.92 Å². The Bertz CT molecular complexity index is 1020. The fourth-order valence-electron chi connectivity index (χ4n) is 3.60. The predicted octanol–water partition coefficient (Wildman–Crippen LogP) is 3.84.